The average Bonchev–Trinajstić information content (AvgIpc) is 2.88. The van der Waals surface area contributed by atoms with Crippen LogP contribution in [0.5, 0.6) is 0 Å². The molecule has 0 bridgehead atoms. The van der Waals surface area contributed by atoms with Crippen LogP contribution in [0.25, 0.3) is 6.08 Å². The van der Waals surface area contributed by atoms with Crippen LogP contribution in [0.2, 0.25) is 0 Å². The number of benzene rings is 1. The summed E-state index contributed by atoms with van der Waals surface area (Å²) in [5.41, 5.74) is 2.94. The van der Waals surface area contributed by atoms with Gasteiger partial charge in [0, 0.05) is 24.3 Å². The summed E-state index contributed by atoms with van der Waals surface area (Å²) in [4.78, 5) is 12.0. The number of fused-ring (bicyclic) bond motifs is 1. The molecule has 2 aromatic rings. The molecule has 0 spiro atoms. The van der Waals surface area contributed by atoms with Crippen LogP contribution >= 0.6 is 0 Å². The summed E-state index contributed by atoms with van der Waals surface area (Å²) in [7, 11) is 0. The normalized spacial score (nSPS) is 20.3. The van der Waals surface area contributed by atoms with E-state index in [2.05, 4.69) is 5.10 Å². The summed E-state index contributed by atoms with van der Waals surface area (Å²) in [6.07, 6.45) is 2.73. The van der Waals surface area contributed by atoms with E-state index in [1.165, 1.54) is 0 Å². The zero-order valence-corrected chi connectivity index (χ0v) is 12.2. The van der Waals surface area contributed by atoms with Gasteiger partial charge in [0.25, 0.3) is 0 Å². The summed E-state index contributed by atoms with van der Waals surface area (Å²) >= 11 is 0. The second-order valence-corrected chi connectivity index (χ2v) is 5.28. The third-order valence-corrected chi connectivity index (χ3v) is 3.91. The van der Waals surface area contributed by atoms with Crippen molar-refractivity contribution in [2.45, 2.75) is 26.9 Å². The maximum absolute atomic E-state index is 12.0. The Hall–Kier alpha value is -2.40. The van der Waals surface area contributed by atoms with Gasteiger partial charge in [-0.15, -0.1) is 4.48 Å². The molecule has 3 rings (SSSR count). The topological polar surface area (TPSA) is 55.1 Å². The average molecular weight is 284 g/mol. The minimum Gasteiger partial charge on any atom is -0.435 e. The first-order valence-electron chi connectivity index (χ1n) is 7.00. The van der Waals surface area contributed by atoms with Gasteiger partial charge < -0.3 is 5.11 Å². The van der Waals surface area contributed by atoms with E-state index < -0.39 is 6.09 Å². The summed E-state index contributed by atoms with van der Waals surface area (Å²) in [6, 6.07) is 9.75. The van der Waals surface area contributed by atoms with Gasteiger partial charge in [0.05, 0.1) is 5.69 Å². The van der Waals surface area contributed by atoms with E-state index in [-0.39, 0.29) is 4.48 Å². The molecule has 0 saturated heterocycles. The van der Waals surface area contributed by atoms with E-state index in [9.17, 15) is 9.90 Å². The number of amides is 1. The fourth-order valence-electron chi connectivity index (χ4n) is 2.84. The smallest absolute Gasteiger partial charge is 0.435 e. The first-order valence-corrected chi connectivity index (χ1v) is 7.00. The summed E-state index contributed by atoms with van der Waals surface area (Å²) in [5.74, 6) is 0.688. The van der Waals surface area contributed by atoms with Crippen LogP contribution in [-0.4, -0.2) is 21.0 Å². The Morgan fingerprint density at radius 2 is 2.19 bits per heavy atom. The SMILES string of the molecule is CCn1nc(C)cc1[N+]1(C(=O)O)C=Cc2ccccc2C1. The van der Waals surface area contributed by atoms with Crippen LogP contribution in [0.4, 0.5) is 10.6 Å². The van der Waals surface area contributed by atoms with E-state index in [0.29, 0.717) is 18.9 Å². The predicted molar refractivity (Wildman–Crippen MR) is 81.6 cm³/mol. The lowest BCUT2D eigenvalue weighted by atomic mass is 10.0. The van der Waals surface area contributed by atoms with Crippen molar-refractivity contribution in [2.24, 2.45) is 0 Å². The molecule has 1 amide bonds. The van der Waals surface area contributed by atoms with Crippen molar-refractivity contribution in [2.75, 3.05) is 0 Å². The molecule has 0 radical (unpaired) electrons. The molecule has 1 atom stereocenters. The lowest BCUT2D eigenvalue weighted by Crippen LogP contribution is -2.50. The second-order valence-electron chi connectivity index (χ2n) is 5.28. The molecule has 1 aliphatic rings. The number of aromatic nitrogens is 2. The first-order chi connectivity index (χ1) is 10.1. The molecule has 0 aliphatic carbocycles. The molecule has 108 valence electrons. The molecule has 2 heterocycles. The van der Waals surface area contributed by atoms with Crippen LogP contribution in [0.1, 0.15) is 23.7 Å². The predicted octanol–water partition coefficient (Wildman–Crippen LogP) is 3.38. The largest absolute Gasteiger partial charge is 0.525 e. The molecule has 1 aromatic heterocycles. The number of hydrogen-bond donors (Lipinski definition) is 1. The maximum atomic E-state index is 12.0. The van der Waals surface area contributed by atoms with Crippen LogP contribution < -0.4 is 4.48 Å². The zero-order chi connectivity index (χ0) is 15.0. The number of carbonyl (C=O) groups is 1. The molecule has 1 aliphatic heterocycles. The molecule has 0 fully saturated rings. The van der Waals surface area contributed by atoms with Crippen LogP contribution in [0, 0.1) is 6.92 Å². The Labute approximate surface area is 123 Å². The third-order valence-electron chi connectivity index (χ3n) is 3.91. The highest BCUT2D eigenvalue weighted by Gasteiger charge is 2.43. The monoisotopic (exact) mass is 284 g/mol. The highest BCUT2D eigenvalue weighted by molar-refractivity contribution is 5.84. The number of nitrogens with zero attached hydrogens (tertiary/aromatic N) is 3. The van der Waals surface area contributed by atoms with Crippen molar-refractivity contribution >= 4 is 18.0 Å². The van der Waals surface area contributed by atoms with Gasteiger partial charge in [0.15, 0.2) is 0 Å². The minimum absolute atomic E-state index is 0.244. The van der Waals surface area contributed by atoms with Crippen LogP contribution in [0.3, 0.4) is 0 Å². The Morgan fingerprint density at radius 3 is 2.90 bits per heavy atom. The lowest BCUT2D eigenvalue weighted by Gasteiger charge is -2.31. The Balaban J connectivity index is 2.18. The standard InChI is InChI=1S/C16H17N3O2/c1-3-18-15(10-12(2)17-18)19(16(20)21)9-8-13-6-4-5-7-14(13)11-19/h4-10H,3,11H2,1-2H3/p+1. The highest BCUT2D eigenvalue weighted by atomic mass is 16.4. The maximum Gasteiger partial charge on any atom is 0.525 e. The molecule has 1 aromatic carbocycles. The summed E-state index contributed by atoms with van der Waals surface area (Å²) in [5, 5.41) is 14.3. The van der Waals surface area contributed by atoms with Crippen molar-refractivity contribution in [3.63, 3.8) is 0 Å². The lowest BCUT2D eigenvalue weighted by molar-refractivity contribution is 0.158. The summed E-state index contributed by atoms with van der Waals surface area (Å²) < 4.78 is 1.52. The molecule has 21 heavy (non-hydrogen) atoms. The number of aryl methyl sites for hydroxylation is 2. The minimum atomic E-state index is -0.893. The third kappa shape index (κ3) is 2.06. The van der Waals surface area contributed by atoms with Crippen LogP contribution in [-0.2, 0) is 13.1 Å². The zero-order valence-electron chi connectivity index (χ0n) is 12.2. The Morgan fingerprint density at radius 1 is 1.43 bits per heavy atom. The second kappa shape index (κ2) is 4.86. The van der Waals surface area contributed by atoms with Gasteiger partial charge in [-0.2, -0.15) is 9.89 Å². The van der Waals surface area contributed by atoms with Gasteiger partial charge in [-0.25, -0.2) is 4.68 Å². The number of carboxylic acid groups (broad SMARTS) is 1. The van der Waals surface area contributed by atoms with Crippen molar-refractivity contribution < 1.29 is 9.90 Å². The molecular weight excluding hydrogens is 266 g/mol. The van der Waals surface area contributed by atoms with Crippen molar-refractivity contribution in [1.29, 1.82) is 0 Å². The van der Waals surface area contributed by atoms with E-state index in [1.807, 2.05) is 50.3 Å². The molecule has 1 unspecified atom stereocenters. The van der Waals surface area contributed by atoms with E-state index in [4.69, 9.17) is 0 Å². The molecular formula is C16H18N3O2+. The Kier molecular flexibility index (Phi) is 3.14. The van der Waals surface area contributed by atoms with E-state index in [1.54, 1.807) is 10.9 Å². The molecule has 5 heteroatoms. The van der Waals surface area contributed by atoms with Gasteiger partial charge in [-0.1, -0.05) is 24.3 Å². The number of rotatable bonds is 2. The first kappa shape index (κ1) is 13.6. The van der Waals surface area contributed by atoms with Crippen molar-refractivity contribution in [3.8, 4) is 0 Å². The molecule has 5 nitrogen and oxygen atoms in total. The molecule has 0 saturated carbocycles. The number of hydrogen-bond acceptors (Lipinski definition) is 2. The molecule has 1 N–H and O–H groups in total. The van der Waals surface area contributed by atoms with E-state index >= 15 is 0 Å². The van der Waals surface area contributed by atoms with Gasteiger partial charge in [0.2, 0.25) is 5.82 Å². The van der Waals surface area contributed by atoms with Gasteiger partial charge in [-0.05, 0) is 19.4 Å². The van der Waals surface area contributed by atoms with Gasteiger partial charge in [-0.3, -0.25) is 0 Å². The highest BCUT2D eigenvalue weighted by Crippen LogP contribution is 2.33. The fourth-order valence-corrected chi connectivity index (χ4v) is 2.84. The van der Waals surface area contributed by atoms with Crippen LogP contribution in [0.15, 0.2) is 36.5 Å². The van der Waals surface area contributed by atoms with Gasteiger partial charge >= 0.3 is 6.09 Å². The quantitative estimate of drug-likeness (QED) is 0.860. The van der Waals surface area contributed by atoms with Crippen molar-refractivity contribution in [3.05, 3.63) is 53.4 Å². The number of quaternary nitrogens is 1. The fraction of sp³-hybridized carbons (Fsp3) is 0.250. The van der Waals surface area contributed by atoms with Gasteiger partial charge in [0.1, 0.15) is 12.7 Å². The summed E-state index contributed by atoms with van der Waals surface area (Å²) in [6.45, 7) is 4.89. The van der Waals surface area contributed by atoms with Crippen molar-refractivity contribution in [1.82, 2.24) is 14.3 Å². The Bertz CT molecular complexity index is 733. The van der Waals surface area contributed by atoms with E-state index in [0.717, 1.165) is 16.8 Å².